The number of aryl methyl sites for hydroxylation is 1. The number of hydrogen-bond donors (Lipinski definition) is 1. The molecule has 0 radical (unpaired) electrons. The minimum absolute atomic E-state index is 0.111. The van der Waals surface area contributed by atoms with Crippen molar-refractivity contribution in [2.24, 2.45) is 5.41 Å². The zero-order valence-corrected chi connectivity index (χ0v) is 11.1. The summed E-state index contributed by atoms with van der Waals surface area (Å²) in [5.74, 6) is 0.759. The van der Waals surface area contributed by atoms with Crippen molar-refractivity contribution >= 4 is 11.7 Å². The molecular formula is C14H19NO3. The van der Waals surface area contributed by atoms with Crippen molar-refractivity contribution in [1.82, 2.24) is 0 Å². The maximum atomic E-state index is 11.6. The van der Waals surface area contributed by atoms with E-state index in [0.717, 1.165) is 29.8 Å². The van der Waals surface area contributed by atoms with Gasteiger partial charge in [0.25, 0.3) is 0 Å². The van der Waals surface area contributed by atoms with Gasteiger partial charge in [0.05, 0.1) is 19.6 Å². The van der Waals surface area contributed by atoms with Gasteiger partial charge in [-0.25, -0.2) is 0 Å². The largest absolute Gasteiger partial charge is 0.496 e. The minimum atomic E-state index is -0.303. The highest BCUT2D eigenvalue weighted by atomic mass is 16.5. The van der Waals surface area contributed by atoms with Crippen LogP contribution in [0.15, 0.2) is 18.2 Å². The number of hydrogen-bond acceptors (Lipinski definition) is 4. The van der Waals surface area contributed by atoms with Gasteiger partial charge in [-0.2, -0.15) is 0 Å². The molecule has 1 fully saturated rings. The van der Waals surface area contributed by atoms with E-state index in [9.17, 15) is 4.79 Å². The standard InChI is InChI=1S/C14H19NO3/c1-10-8-11(4-5-12(10)17-2)15-9-14(6-7-14)13(16)18-3/h4-5,8,15H,6-7,9H2,1-3H3. The Morgan fingerprint density at radius 3 is 2.61 bits per heavy atom. The average molecular weight is 249 g/mol. The number of ether oxygens (including phenoxy) is 2. The fourth-order valence-corrected chi connectivity index (χ4v) is 2.08. The number of rotatable bonds is 5. The van der Waals surface area contributed by atoms with Gasteiger partial charge in [0, 0.05) is 12.2 Å². The maximum absolute atomic E-state index is 11.6. The number of benzene rings is 1. The summed E-state index contributed by atoms with van der Waals surface area (Å²) >= 11 is 0. The molecule has 0 heterocycles. The van der Waals surface area contributed by atoms with Crippen molar-refractivity contribution in [2.45, 2.75) is 19.8 Å². The van der Waals surface area contributed by atoms with Crippen LogP contribution in [0.2, 0.25) is 0 Å². The van der Waals surface area contributed by atoms with E-state index < -0.39 is 0 Å². The lowest BCUT2D eigenvalue weighted by Crippen LogP contribution is -2.25. The molecule has 1 aliphatic rings. The van der Waals surface area contributed by atoms with E-state index in [0.29, 0.717) is 6.54 Å². The Morgan fingerprint density at radius 2 is 2.11 bits per heavy atom. The smallest absolute Gasteiger partial charge is 0.313 e. The van der Waals surface area contributed by atoms with E-state index in [-0.39, 0.29) is 11.4 Å². The highest BCUT2D eigenvalue weighted by Gasteiger charge is 2.50. The lowest BCUT2D eigenvalue weighted by atomic mass is 10.1. The van der Waals surface area contributed by atoms with Gasteiger partial charge in [0.2, 0.25) is 0 Å². The summed E-state index contributed by atoms with van der Waals surface area (Å²) in [5, 5.41) is 3.30. The van der Waals surface area contributed by atoms with Crippen molar-refractivity contribution in [3.63, 3.8) is 0 Å². The first-order chi connectivity index (χ1) is 8.61. The fourth-order valence-electron chi connectivity index (χ4n) is 2.08. The third-order valence-electron chi connectivity index (χ3n) is 3.50. The van der Waals surface area contributed by atoms with Gasteiger partial charge < -0.3 is 14.8 Å². The van der Waals surface area contributed by atoms with Crippen LogP contribution in [-0.2, 0) is 9.53 Å². The highest BCUT2D eigenvalue weighted by molar-refractivity contribution is 5.80. The second-order valence-electron chi connectivity index (χ2n) is 4.81. The van der Waals surface area contributed by atoms with Crippen molar-refractivity contribution in [1.29, 1.82) is 0 Å². The molecule has 0 unspecified atom stereocenters. The molecule has 4 heteroatoms. The van der Waals surface area contributed by atoms with E-state index in [4.69, 9.17) is 9.47 Å². The van der Waals surface area contributed by atoms with Gasteiger partial charge in [-0.3, -0.25) is 4.79 Å². The van der Waals surface area contributed by atoms with Gasteiger partial charge >= 0.3 is 5.97 Å². The van der Waals surface area contributed by atoms with Crippen molar-refractivity contribution in [3.05, 3.63) is 23.8 Å². The summed E-state index contributed by atoms with van der Waals surface area (Å²) in [5.41, 5.74) is 1.77. The normalized spacial score (nSPS) is 15.9. The van der Waals surface area contributed by atoms with Crippen LogP contribution in [0.3, 0.4) is 0 Å². The molecular weight excluding hydrogens is 230 g/mol. The summed E-state index contributed by atoms with van der Waals surface area (Å²) in [6.07, 6.45) is 1.81. The van der Waals surface area contributed by atoms with Crippen LogP contribution in [0.25, 0.3) is 0 Å². The van der Waals surface area contributed by atoms with Crippen LogP contribution in [0.4, 0.5) is 5.69 Å². The Bertz CT molecular complexity index is 452. The Kier molecular flexibility index (Phi) is 3.45. The van der Waals surface area contributed by atoms with Gasteiger partial charge in [-0.1, -0.05) is 0 Å². The Labute approximate surface area is 107 Å². The van der Waals surface area contributed by atoms with E-state index in [1.54, 1.807) is 7.11 Å². The van der Waals surface area contributed by atoms with Crippen molar-refractivity contribution < 1.29 is 14.3 Å². The van der Waals surface area contributed by atoms with Gasteiger partial charge in [-0.05, 0) is 43.5 Å². The number of carbonyl (C=O) groups excluding carboxylic acids is 1. The fraction of sp³-hybridized carbons (Fsp3) is 0.500. The monoisotopic (exact) mass is 249 g/mol. The predicted octanol–water partition coefficient (Wildman–Crippen LogP) is 2.37. The molecule has 1 N–H and O–H groups in total. The van der Waals surface area contributed by atoms with Crippen LogP contribution in [0.5, 0.6) is 5.75 Å². The quantitative estimate of drug-likeness (QED) is 0.814. The van der Waals surface area contributed by atoms with Crippen LogP contribution in [-0.4, -0.2) is 26.7 Å². The summed E-state index contributed by atoms with van der Waals surface area (Å²) < 4.78 is 10.0. The van der Waals surface area contributed by atoms with E-state index >= 15 is 0 Å². The van der Waals surface area contributed by atoms with Crippen molar-refractivity contribution in [3.8, 4) is 5.75 Å². The molecule has 1 aliphatic carbocycles. The van der Waals surface area contributed by atoms with Gasteiger partial charge in [0.15, 0.2) is 0 Å². The number of nitrogens with one attached hydrogen (secondary N) is 1. The first-order valence-corrected chi connectivity index (χ1v) is 6.08. The Hall–Kier alpha value is -1.71. The zero-order valence-electron chi connectivity index (χ0n) is 11.1. The molecule has 0 bridgehead atoms. The number of esters is 1. The molecule has 18 heavy (non-hydrogen) atoms. The number of carbonyl (C=O) groups is 1. The summed E-state index contributed by atoms with van der Waals surface area (Å²) in [7, 11) is 3.10. The zero-order chi connectivity index (χ0) is 13.2. The van der Waals surface area contributed by atoms with Gasteiger partial charge in [-0.15, -0.1) is 0 Å². The molecule has 0 atom stereocenters. The van der Waals surface area contributed by atoms with Crippen LogP contribution in [0, 0.1) is 12.3 Å². The highest BCUT2D eigenvalue weighted by Crippen LogP contribution is 2.46. The SMILES string of the molecule is COC(=O)C1(CNc2ccc(OC)c(C)c2)CC1. The predicted molar refractivity (Wildman–Crippen MR) is 69.9 cm³/mol. The first kappa shape index (κ1) is 12.7. The minimum Gasteiger partial charge on any atom is -0.496 e. The molecule has 1 aromatic carbocycles. The summed E-state index contributed by atoms with van der Waals surface area (Å²) in [6, 6.07) is 5.90. The molecule has 0 aliphatic heterocycles. The third-order valence-corrected chi connectivity index (χ3v) is 3.50. The lowest BCUT2D eigenvalue weighted by molar-refractivity contribution is -0.146. The van der Waals surface area contributed by atoms with Crippen LogP contribution < -0.4 is 10.1 Å². The maximum Gasteiger partial charge on any atom is 0.313 e. The first-order valence-electron chi connectivity index (χ1n) is 6.08. The molecule has 0 saturated heterocycles. The third kappa shape index (κ3) is 2.42. The van der Waals surface area contributed by atoms with Gasteiger partial charge in [0.1, 0.15) is 5.75 Å². The summed E-state index contributed by atoms with van der Waals surface area (Å²) in [4.78, 5) is 11.6. The average Bonchev–Trinajstić information content (AvgIpc) is 3.17. The molecule has 0 amide bonds. The Morgan fingerprint density at radius 1 is 1.39 bits per heavy atom. The molecule has 4 nitrogen and oxygen atoms in total. The van der Waals surface area contributed by atoms with E-state index in [2.05, 4.69) is 5.32 Å². The number of anilines is 1. The lowest BCUT2D eigenvalue weighted by Gasteiger charge is -2.15. The summed E-state index contributed by atoms with van der Waals surface area (Å²) in [6.45, 7) is 2.63. The molecule has 0 spiro atoms. The molecule has 1 aromatic rings. The number of methoxy groups -OCH3 is 2. The second-order valence-corrected chi connectivity index (χ2v) is 4.81. The Balaban J connectivity index is 1.99. The molecule has 1 saturated carbocycles. The topological polar surface area (TPSA) is 47.6 Å². The van der Waals surface area contributed by atoms with E-state index in [1.165, 1.54) is 7.11 Å². The van der Waals surface area contributed by atoms with E-state index in [1.807, 2.05) is 25.1 Å². The van der Waals surface area contributed by atoms with Crippen LogP contribution in [0.1, 0.15) is 18.4 Å². The van der Waals surface area contributed by atoms with Crippen LogP contribution >= 0.6 is 0 Å². The second kappa shape index (κ2) is 4.88. The molecule has 98 valence electrons. The van der Waals surface area contributed by atoms with Crippen molar-refractivity contribution in [2.75, 3.05) is 26.1 Å². The molecule has 0 aromatic heterocycles. The molecule has 2 rings (SSSR count).